The van der Waals surface area contributed by atoms with Crippen LogP contribution in [0.25, 0.3) is 5.57 Å². The zero-order valence-corrected chi connectivity index (χ0v) is 9.79. The first-order valence-corrected chi connectivity index (χ1v) is 6.01. The molecule has 80 valence electrons. The summed E-state index contributed by atoms with van der Waals surface area (Å²) in [6.45, 7) is 4.68. The average molecular weight is 200 g/mol. The van der Waals surface area contributed by atoms with Crippen molar-refractivity contribution in [2.45, 2.75) is 39.5 Å². The second-order valence-electron chi connectivity index (χ2n) is 4.90. The highest BCUT2D eigenvalue weighted by Crippen LogP contribution is 2.39. The number of hydrogen-bond donors (Lipinski definition) is 0. The second kappa shape index (κ2) is 4.22. The topological polar surface area (TPSA) is 0 Å². The zero-order valence-electron chi connectivity index (χ0n) is 9.79. The molecule has 0 heteroatoms. The molecule has 0 nitrogen and oxygen atoms in total. The van der Waals surface area contributed by atoms with Gasteiger partial charge in [-0.1, -0.05) is 50.3 Å². The summed E-state index contributed by atoms with van der Waals surface area (Å²) in [5.74, 6) is 0. The van der Waals surface area contributed by atoms with Gasteiger partial charge in [0.15, 0.2) is 0 Å². The van der Waals surface area contributed by atoms with E-state index in [2.05, 4.69) is 50.3 Å². The summed E-state index contributed by atoms with van der Waals surface area (Å²) in [7, 11) is 0. The molecule has 0 aliphatic heterocycles. The molecule has 2 rings (SSSR count). The minimum atomic E-state index is 0.434. The van der Waals surface area contributed by atoms with Crippen molar-refractivity contribution in [2.24, 2.45) is 5.41 Å². The van der Waals surface area contributed by atoms with E-state index >= 15 is 0 Å². The van der Waals surface area contributed by atoms with Crippen molar-refractivity contribution >= 4 is 5.57 Å². The van der Waals surface area contributed by atoms with E-state index < -0.39 is 0 Å². The van der Waals surface area contributed by atoms with E-state index in [0.717, 1.165) is 0 Å². The van der Waals surface area contributed by atoms with E-state index in [4.69, 9.17) is 0 Å². The molecule has 0 radical (unpaired) electrons. The monoisotopic (exact) mass is 200 g/mol. The summed E-state index contributed by atoms with van der Waals surface area (Å²) >= 11 is 0. The van der Waals surface area contributed by atoms with Gasteiger partial charge in [-0.2, -0.15) is 0 Å². The first kappa shape index (κ1) is 10.5. The van der Waals surface area contributed by atoms with Crippen LogP contribution in [0.15, 0.2) is 36.4 Å². The number of benzene rings is 1. The van der Waals surface area contributed by atoms with E-state index in [0.29, 0.717) is 5.41 Å². The minimum Gasteiger partial charge on any atom is -0.0748 e. The van der Waals surface area contributed by atoms with Crippen LogP contribution in [-0.4, -0.2) is 0 Å². The molecule has 0 unspecified atom stereocenters. The van der Waals surface area contributed by atoms with Crippen LogP contribution in [0.2, 0.25) is 0 Å². The van der Waals surface area contributed by atoms with Gasteiger partial charge in [0, 0.05) is 0 Å². The molecular weight excluding hydrogens is 180 g/mol. The van der Waals surface area contributed by atoms with E-state index in [9.17, 15) is 0 Å². The summed E-state index contributed by atoms with van der Waals surface area (Å²) in [4.78, 5) is 0. The lowest BCUT2D eigenvalue weighted by molar-refractivity contribution is 0.356. The fraction of sp³-hybridized carbons (Fsp3) is 0.467. The number of allylic oxidation sites excluding steroid dienone is 2. The fourth-order valence-corrected chi connectivity index (χ4v) is 2.41. The van der Waals surface area contributed by atoms with E-state index in [1.165, 1.54) is 31.2 Å². The van der Waals surface area contributed by atoms with Crippen molar-refractivity contribution < 1.29 is 0 Å². The van der Waals surface area contributed by atoms with Crippen molar-refractivity contribution in [2.75, 3.05) is 0 Å². The first-order valence-electron chi connectivity index (χ1n) is 6.01. The third-order valence-electron chi connectivity index (χ3n) is 3.67. The Balaban J connectivity index is 2.30. The van der Waals surface area contributed by atoms with Crippen LogP contribution in [0.4, 0.5) is 0 Å². The van der Waals surface area contributed by atoms with Crippen molar-refractivity contribution in [1.29, 1.82) is 0 Å². The predicted octanol–water partition coefficient (Wildman–Crippen LogP) is 4.67. The molecule has 1 aromatic rings. The molecule has 0 N–H and O–H groups in total. The van der Waals surface area contributed by atoms with Crippen molar-refractivity contribution in [1.82, 2.24) is 0 Å². The summed E-state index contributed by atoms with van der Waals surface area (Å²) in [6, 6.07) is 10.8. The zero-order chi connectivity index (χ0) is 10.7. The van der Waals surface area contributed by atoms with Crippen LogP contribution in [0.1, 0.15) is 45.1 Å². The minimum absolute atomic E-state index is 0.434. The highest BCUT2D eigenvalue weighted by Gasteiger charge is 2.23. The SMILES string of the molecule is CC[C@@]1(C)C=C(c2ccccc2)CCC1. The van der Waals surface area contributed by atoms with Gasteiger partial charge in [-0.05, 0) is 42.2 Å². The number of rotatable bonds is 2. The lowest BCUT2D eigenvalue weighted by atomic mass is 9.75. The molecule has 0 heterocycles. The van der Waals surface area contributed by atoms with Gasteiger partial charge in [-0.15, -0.1) is 0 Å². The maximum atomic E-state index is 2.51. The van der Waals surface area contributed by atoms with Gasteiger partial charge in [0.1, 0.15) is 0 Å². The molecule has 15 heavy (non-hydrogen) atoms. The maximum Gasteiger partial charge on any atom is -0.0143 e. The number of hydrogen-bond acceptors (Lipinski definition) is 0. The molecule has 0 fully saturated rings. The molecule has 0 spiro atoms. The van der Waals surface area contributed by atoms with E-state index in [-0.39, 0.29) is 0 Å². The predicted molar refractivity (Wildman–Crippen MR) is 66.7 cm³/mol. The Bertz CT molecular complexity index is 348. The Morgan fingerprint density at radius 2 is 1.93 bits per heavy atom. The lowest BCUT2D eigenvalue weighted by Crippen LogP contribution is -2.16. The quantitative estimate of drug-likeness (QED) is 0.650. The van der Waals surface area contributed by atoms with Crippen LogP contribution >= 0.6 is 0 Å². The van der Waals surface area contributed by atoms with Gasteiger partial charge in [0.25, 0.3) is 0 Å². The van der Waals surface area contributed by atoms with Gasteiger partial charge in [-0.25, -0.2) is 0 Å². The highest BCUT2D eigenvalue weighted by molar-refractivity contribution is 5.66. The third kappa shape index (κ3) is 2.31. The Morgan fingerprint density at radius 3 is 2.60 bits per heavy atom. The summed E-state index contributed by atoms with van der Waals surface area (Å²) in [6.07, 6.45) is 7.69. The lowest BCUT2D eigenvalue weighted by Gasteiger charge is -2.30. The molecule has 1 aliphatic rings. The summed E-state index contributed by atoms with van der Waals surface area (Å²) < 4.78 is 0. The van der Waals surface area contributed by atoms with Crippen LogP contribution in [0.5, 0.6) is 0 Å². The first-order chi connectivity index (χ1) is 7.23. The van der Waals surface area contributed by atoms with Crippen LogP contribution in [0.3, 0.4) is 0 Å². The van der Waals surface area contributed by atoms with Crippen molar-refractivity contribution in [3.8, 4) is 0 Å². The average Bonchev–Trinajstić information content (AvgIpc) is 2.30. The van der Waals surface area contributed by atoms with E-state index in [1.807, 2.05) is 0 Å². The fourth-order valence-electron chi connectivity index (χ4n) is 2.41. The Kier molecular flexibility index (Phi) is 2.95. The van der Waals surface area contributed by atoms with Crippen molar-refractivity contribution in [3.63, 3.8) is 0 Å². The van der Waals surface area contributed by atoms with Gasteiger partial charge in [0.05, 0.1) is 0 Å². The Labute approximate surface area is 93.0 Å². The van der Waals surface area contributed by atoms with Gasteiger partial charge < -0.3 is 0 Å². The van der Waals surface area contributed by atoms with Gasteiger partial charge in [0.2, 0.25) is 0 Å². The Morgan fingerprint density at radius 1 is 1.20 bits per heavy atom. The van der Waals surface area contributed by atoms with Gasteiger partial charge >= 0.3 is 0 Å². The van der Waals surface area contributed by atoms with Crippen LogP contribution in [0, 0.1) is 5.41 Å². The largest absolute Gasteiger partial charge is 0.0748 e. The molecular formula is C15H20. The smallest absolute Gasteiger partial charge is 0.0143 e. The molecule has 0 amide bonds. The molecule has 0 bridgehead atoms. The maximum absolute atomic E-state index is 2.51. The molecule has 1 aliphatic carbocycles. The van der Waals surface area contributed by atoms with Crippen LogP contribution in [-0.2, 0) is 0 Å². The standard InChI is InChI=1S/C15H20/c1-3-15(2)11-7-10-14(12-15)13-8-5-4-6-9-13/h4-6,8-9,12H,3,7,10-11H2,1-2H3/t15-/m1/s1. The molecule has 0 saturated heterocycles. The Hall–Kier alpha value is -1.04. The van der Waals surface area contributed by atoms with Gasteiger partial charge in [-0.3, -0.25) is 0 Å². The molecule has 0 saturated carbocycles. The molecule has 0 aromatic heterocycles. The van der Waals surface area contributed by atoms with Crippen molar-refractivity contribution in [3.05, 3.63) is 42.0 Å². The highest BCUT2D eigenvalue weighted by atomic mass is 14.3. The second-order valence-corrected chi connectivity index (χ2v) is 4.90. The van der Waals surface area contributed by atoms with E-state index in [1.54, 1.807) is 5.57 Å². The third-order valence-corrected chi connectivity index (χ3v) is 3.67. The summed E-state index contributed by atoms with van der Waals surface area (Å²) in [5.41, 5.74) is 3.40. The molecule has 1 aromatic carbocycles. The normalized spacial score (nSPS) is 26.1. The summed E-state index contributed by atoms with van der Waals surface area (Å²) in [5, 5.41) is 0. The molecule has 1 atom stereocenters. The van der Waals surface area contributed by atoms with Crippen LogP contribution < -0.4 is 0 Å².